The Labute approximate surface area is 118 Å². The van der Waals surface area contributed by atoms with Crippen molar-refractivity contribution in [2.45, 2.75) is 46.3 Å². The smallest absolute Gasteiger partial charge is 0.120 e. The molecule has 0 aromatic carbocycles. The molecular formula is C14H29ClN2O. The summed E-state index contributed by atoms with van der Waals surface area (Å²) in [5.74, 6) is 0.632. The highest BCUT2D eigenvalue weighted by molar-refractivity contribution is 5.85. The van der Waals surface area contributed by atoms with Crippen molar-refractivity contribution in [2.75, 3.05) is 32.8 Å². The Kier molecular flexibility index (Phi) is 5.48. The lowest BCUT2D eigenvalue weighted by Gasteiger charge is -2.49. The van der Waals surface area contributed by atoms with Crippen molar-refractivity contribution in [3.05, 3.63) is 0 Å². The lowest BCUT2D eigenvalue weighted by Crippen LogP contribution is -2.62. The molecule has 1 N–H and O–H groups in total. The van der Waals surface area contributed by atoms with Crippen LogP contribution < -0.4 is 5.32 Å². The summed E-state index contributed by atoms with van der Waals surface area (Å²) in [4.78, 5) is 2.55. The van der Waals surface area contributed by atoms with Gasteiger partial charge in [-0.2, -0.15) is 0 Å². The second-order valence-corrected chi connectivity index (χ2v) is 6.65. The second kappa shape index (κ2) is 6.08. The highest BCUT2D eigenvalue weighted by atomic mass is 35.5. The first-order valence-corrected chi connectivity index (χ1v) is 7.06. The van der Waals surface area contributed by atoms with E-state index in [0.717, 1.165) is 19.7 Å². The molecule has 0 aliphatic carbocycles. The zero-order chi connectivity index (χ0) is 12.5. The molecule has 2 rings (SSSR count). The van der Waals surface area contributed by atoms with Gasteiger partial charge in [0, 0.05) is 24.4 Å². The molecule has 0 bridgehead atoms. The van der Waals surface area contributed by atoms with Gasteiger partial charge in [0.25, 0.3) is 0 Å². The summed E-state index contributed by atoms with van der Waals surface area (Å²) in [6.45, 7) is 14.6. The van der Waals surface area contributed by atoms with E-state index in [1.54, 1.807) is 0 Å². The van der Waals surface area contributed by atoms with Crippen LogP contribution in [0.4, 0.5) is 0 Å². The van der Waals surface area contributed by atoms with Crippen molar-refractivity contribution in [1.82, 2.24) is 10.2 Å². The Hall–Kier alpha value is 0.170. The van der Waals surface area contributed by atoms with E-state index >= 15 is 0 Å². The molecule has 2 aliphatic rings. The van der Waals surface area contributed by atoms with Gasteiger partial charge in [-0.1, -0.05) is 20.8 Å². The van der Waals surface area contributed by atoms with E-state index in [0.29, 0.717) is 5.92 Å². The minimum atomic E-state index is -0.108. The summed E-state index contributed by atoms with van der Waals surface area (Å²) in [5, 5.41) is 3.65. The summed E-state index contributed by atoms with van der Waals surface area (Å²) in [6.07, 6.45) is 2.60. The fourth-order valence-electron chi connectivity index (χ4n) is 2.92. The number of nitrogens with one attached hydrogen (secondary N) is 1. The summed E-state index contributed by atoms with van der Waals surface area (Å²) in [7, 11) is 0. The molecule has 108 valence electrons. The lowest BCUT2D eigenvalue weighted by molar-refractivity contribution is -0.166. The highest BCUT2D eigenvalue weighted by Gasteiger charge is 2.42. The molecule has 0 saturated carbocycles. The van der Waals surface area contributed by atoms with Crippen LogP contribution in [0.3, 0.4) is 0 Å². The summed E-state index contributed by atoms with van der Waals surface area (Å²) in [6, 6.07) is 0. The standard InChI is InChI=1S/C14H28N2O.ClH/c1-5-16-8-6-7-12(9-16)14(4)15-10-13(2,3)11-17-14;/h12,15H,5-11H2,1-4H3;1H. The van der Waals surface area contributed by atoms with Gasteiger partial charge in [0.05, 0.1) is 6.61 Å². The molecule has 2 aliphatic heterocycles. The van der Waals surface area contributed by atoms with Crippen LogP contribution in [0.15, 0.2) is 0 Å². The Balaban J connectivity index is 0.00000162. The summed E-state index contributed by atoms with van der Waals surface area (Å²) >= 11 is 0. The Bertz CT molecular complexity index is 261. The first-order valence-electron chi connectivity index (χ1n) is 7.06. The van der Waals surface area contributed by atoms with Gasteiger partial charge in [0.1, 0.15) is 5.72 Å². The number of rotatable bonds is 2. The zero-order valence-electron chi connectivity index (χ0n) is 12.3. The van der Waals surface area contributed by atoms with Crippen LogP contribution in [0.5, 0.6) is 0 Å². The molecular weight excluding hydrogens is 248 g/mol. The molecule has 2 atom stereocenters. The molecule has 0 aromatic heterocycles. The third kappa shape index (κ3) is 3.60. The summed E-state index contributed by atoms with van der Waals surface area (Å²) < 4.78 is 6.18. The predicted octanol–water partition coefficient (Wildman–Crippen LogP) is 2.50. The monoisotopic (exact) mass is 276 g/mol. The van der Waals surface area contributed by atoms with Gasteiger partial charge in [-0.25, -0.2) is 0 Å². The number of piperidine rings is 1. The van der Waals surface area contributed by atoms with Crippen molar-refractivity contribution >= 4 is 12.4 Å². The van der Waals surface area contributed by atoms with Crippen LogP contribution in [0, 0.1) is 11.3 Å². The summed E-state index contributed by atoms with van der Waals surface area (Å²) in [5.41, 5.74) is 0.169. The Morgan fingerprint density at radius 1 is 1.33 bits per heavy atom. The number of likely N-dealkylation sites (tertiary alicyclic amines) is 1. The third-order valence-corrected chi connectivity index (χ3v) is 4.41. The van der Waals surface area contributed by atoms with E-state index in [-0.39, 0.29) is 23.5 Å². The zero-order valence-corrected chi connectivity index (χ0v) is 13.1. The van der Waals surface area contributed by atoms with Crippen molar-refractivity contribution in [3.8, 4) is 0 Å². The Morgan fingerprint density at radius 2 is 2.06 bits per heavy atom. The van der Waals surface area contributed by atoms with E-state index in [9.17, 15) is 0 Å². The minimum absolute atomic E-state index is 0. The van der Waals surface area contributed by atoms with Gasteiger partial charge < -0.3 is 9.64 Å². The first kappa shape index (κ1) is 16.2. The molecule has 0 aromatic rings. The molecule has 0 amide bonds. The third-order valence-electron chi connectivity index (χ3n) is 4.41. The van der Waals surface area contributed by atoms with Crippen LogP contribution in [0.1, 0.15) is 40.5 Å². The van der Waals surface area contributed by atoms with Gasteiger partial charge in [-0.05, 0) is 32.9 Å². The second-order valence-electron chi connectivity index (χ2n) is 6.65. The Morgan fingerprint density at radius 3 is 2.61 bits per heavy atom. The SMILES string of the molecule is CCN1CCCC(C2(C)NCC(C)(C)CO2)C1.Cl. The van der Waals surface area contributed by atoms with Crippen molar-refractivity contribution in [3.63, 3.8) is 0 Å². The van der Waals surface area contributed by atoms with Crippen molar-refractivity contribution < 1.29 is 4.74 Å². The maximum Gasteiger partial charge on any atom is 0.120 e. The maximum absolute atomic E-state index is 6.18. The van der Waals surface area contributed by atoms with Gasteiger partial charge >= 0.3 is 0 Å². The van der Waals surface area contributed by atoms with E-state index in [4.69, 9.17) is 4.74 Å². The van der Waals surface area contributed by atoms with Gasteiger partial charge in [0.2, 0.25) is 0 Å². The molecule has 3 nitrogen and oxygen atoms in total. The van der Waals surface area contributed by atoms with Gasteiger partial charge in [-0.15, -0.1) is 12.4 Å². The largest absolute Gasteiger partial charge is 0.360 e. The van der Waals surface area contributed by atoms with Crippen LogP contribution in [-0.4, -0.2) is 43.4 Å². The molecule has 0 radical (unpaired) electrons. The maximum atomic E-state index is 6.18. The molecule has 2 heterocycles. The number of ether oxygens (including phenoxy) is 1. The van der Waals surface area contributed by atoms with Gasteiger partial charge in [-0.3, -0.25) is 5.32 Å². The highest BCUT2D eigenvalue weighted by Crippen LogP contribution is 2.33. The normalized spacial score (nSPS) is 37.0. The average Bonchev–Trinajstić information content (AvgIpc) is 2.33. The van der Waals surface area contributed by atoms with Crippen LogP contribution in [0.25, 0.3) is 0 Å². The first-order chi connectivity index (χ1) is 7.95. The van der Waals surface area contributed by atoms with Crippen LogP contribution in [-0.2, 0) is 4.74 Å². The average molecular weight is 277 g/mol. The quantitative estimate of drug-likeness (QED) is 0.839. The van der Waals surface area contributed by atoms with Gasteiger partial charge in [0.15, 0.2) is 0 Å². The number of hydrogen-bond acceptors (Lipinski definition) is 3. The molecule has 0 spiro atoms. The molecule has 2 unspecified atom stereocenters. The van der Waals surface area contributed by atoms with Crippen molar-refractivity contribution in [1.29, 1.82) is 0 Å². The fraction of sp³-hybridized carbons (Fsp3) is 1.00. The molecule has 2 fully saturated rings. The van der Waals surface area contributed by atoms with E-state index in [1.165, 1.54) is 25.9 Å². The van der Waals surface area contributed by atoms with E-state index in [1.807, 2.05) is 0 Å². The molecule has 18 heavy (non-hydrogen) atoms. The molecule has 4 heteroatoms. The molecule has 2 saturated heterocycles. The fourth-order valence-corrected chi connectivity index (χ4v) is 2.92. The number of halogens is 1. The lowest BCUT2D eigenvalue weighted by atomic mass is 9.84. The number of nitrogens with zero attached hydrogens (tertiary/aromatic N) is 1. The van der Waals surface area contributed by atoms with Crippen LogP contribution in [0.2, 0.25) is 0 Å². The van der Waals surface area contributed by atoms with Crippen molar-refractivity contribution in [2.24, 2.45) is 11.3 Å². The van der Waals surface area contributed by atoms with E-state index in [2.05, 4.69) is 37.9 Å². The predicted molar refractivity (Wildman–Crippen MR) is 78.2 cm³/mol. The minimum Gasteiger partial charge on any atom is -0.360 e. The van der Waals surface area contributed by atoms with E-state index < -0.39 is 0 Å². The van der Waals surface area contributed by atoms with Crippen LogP contribution >= 0.6 is 12.4 Å². The topological polar surface area (TPSA) is 24.5 Å². The number of hydrogen-bond donors (Lipinski definition) is 1.